The third-order valence-corrected chi connectivity index (χ3v) is 6.65. The first-order valence-corrected chi connectivity index (χ1v) is 8.57. The Hall–Kier alpha value is 0.140. The van der Waals surface area contributed by atoms with Crippen molar-refractivity contribution in [1.29, 1.82) is 0 Å². The maximum Gasteiger partial charge on any atom is 0.0915 e. The molecule has 2 rings (SSSR count). The van der Waals surface area contributed by atoms with Gasteiger partial charge in [-0.2, -0.15) is 11.3 Å². The Kier molecular flexibility index (Phi) is 4.25. The molecule has 1 N–H and O–H groups in total. The van der Waals surface area contributed by atoms with Crippen LogP contribution in [0.15, 0.2) is 15.2 Å². The van der Waals surface area contributed by atoms with Crippen molar-refractivity contribution >= 4 is 27.3 Å². The molecule has 0 bridgehead atoms. The van der Waals surface area contributed by atoms with Crippen molar-refractivity contribution in [2.45, 2.75) is 58.5 Å². The molecule has 0 radical (unpaired) electrons. The number of aliphatic hydroxyl groups is 1. The predicted octanol–water partition coefficient (Wildman–Crippen LogP) is 5.32. The molecule has 1 nitrogen and oxygen atoms in total. The van der Waals surface area contributed by atoms with E-state index in [-0.39, 0.29) is 0 Å². The average Bonchev–Trinajstić information content (AvgIpc) is 2.77. The van der Waals surface area contributed by atoms with Crippen molar-refractivity contribution < 1.29 is 5.11 Å². The summed E-state index contributed by atoms with van der Waals surface area (Å²) in [5.41, 5.74) is 0.909. The van der Waals surface area contributed by atoms with E-state index in [2.05, 4.69) is 47.5 Å². The molecule has 0 unspecified atom stereocenters. The van der Waals surface area contributed by atoms with Crippen LogP contribution < -0.4 is 0 Å². The van der Waals surface area contributed by atoms with Crippen molar-refractivity contribution in [2.24, 2.45) is 11.3 Å². The normalized spacial score (nSPS) is 29.5. The van der Waals surface area contributed by atoms with Gasteiger partial charge in [0.1, 0.15) is 0 Å². The van der Waals surface area contributed by atoms with Gasteiger partial charge in [-0.1, -0.05) is 27.2 Å². The summed E-state index contributed by atoms with van der Waals surface area (Å²) in [6.07, 6.45) is 5.30. The Balaban J connectivity index is 2.09. The van der Waals surface area contributed by atoms with Gasteiger partial charge >= 0.3 is 0 Å². The smallest absolute Gasteiger partial charge is 0.0915 e. The van der Waals surface area contributed by atoms with Crippen molar-refractivity contribution in [1.82, 2.24) is 0 Å². The molecule has 18 heavy (non-hydrogen) atoms. The van der Waals surface area contributed by atoms with Crippen molar-refractivity contribution in [2.75, 3.05) is 0 Å². The molecule has 1 aromatic rings. The summed E-state index contributed by atoms with van der Waals surface area (Å²) >= 11 is 5.22. The van der Waals surface area contributed by atoms with Crippen LogP contribution in [0.2, 0.25) is 0 Å². The van der Waals surface area contributed by atoms with Crippen LogP contribution in [0.3, 0.4) is 0 Å². The molecule has 0 aliphatic heterocycles. The van der Waals surface area contributed by atoms with E-state index < -0.39 is 5.60 Å². The first-order chi connectivity index (χ1) is 8.39. The lowest BCUT2D eigenvalue weighted by Gasteiger charge is -2.42. The highest BCUT2D eigenvalue weighted by Gasteiger charge is 2.40. The average molecular weight is 331 g/mol. The molecule has 102 valence electrons. The van der Waals surface area contributed by atoms with E-state index >= 15 is 0 Å². The minimum absolute atomic E-state index is 0.410. The van der Waals surface area contributed by atoms with Gasteiger partial charge < -0.3 is 5.11 Å². The minimum Gasteiger partial charge on any atom is -0.385 e. The molecule has 1 aliphatic carbocycles. The molecule has 0 aromatic carbocycles. The van der Waals surface area contributed by atoms with E-state index in [9.17, 15) is 5.11 Å². The molecular formula is C15H23BrOS. The zero-order chi connectivity index (χ0) is 13.4. The third-order valence-electron chi connectivity index (χ3n) is 4.95. The van der Waals surface area contributed by atoms with Gasteiger partial charge in [0.25, 0.3) is 0 Å². The monoisotopic (exact) mass is 330 g/mol. The highest BCUT2D eigenvalue weighted by atomic mass is 79.9. The van der Waals surface area contributed by atoms with Crippen LogP contribution in [0.5, 0.6) is 0 Å². The maximum atomic E-state index is 10.8. The molecule has 0 saturated heterocycles. The van der Waals surface area contributed by atoms with Crippen molar-refractivity contribution in [3.63, 3.8) is 0 Å². The van der Waals surface area contributed by atoms with Gasteiger partial charge in [-0.05, 0) is 58.3 Å². The lowest BCUT2D eigenvalue weighted by molar-refractivity contribution is -0.0330. The van der Waals surface area contributed by atoms with E-state index in [0.29, 0.717) is 5.41 Å². The number of halogens is 1. The Morgan fingerprint density at radius 2 is 2.00 bits per heavy atom. The van der Waals surface area contributed by atoms with Gasteiger partial charge in [-0.25, -0.2) is 0 Å². The lowest BCUT2D eigenvalue weighted by atomic mass is 9.65. The largest absolute Gasteiger partial charge is 0.385 e. The third kappa shape index (κ3) is 2.68. The summed E-state index contributed by atoms with van der Waals surface area (Å²) in [5.74, 6) is 0.750. The molecule has 1 saturated carbocycles. The predicted molar refractivity (Wildman–Crippen MR) is 81.9 cm³/mol. The van der Waals surface area contributed by atoms with Crippen LogP contribution in [-0.4, -0.2) is 5.11 Å². The van der Waals surface area contributed by atoms with Gasteiger partial charge in [-0.15, -0.1) is 0 Å². The van der Waals surface area contributed by atoms with Crippen LogP contribution in [-0.2, 0) is 5.60 Å². The Bertz CT molecular complexity index is 402. The standard InChI is InChI=1S/C15H23BrOS/c1-4-14(2,3)11-5-7-15(17,8-6-11)12-9-18-10-13(12)16/h9-11,17H,4-8H2,1-3H3. The van der Waals surface area contributed by atoms with Crippen LogP contribution in [0, 0.1) is 11.3 Å². The van der Waals surface area contributed by atoms with E-state index in [0.717, 1.165) is 41.6 Å². The fourth-order valence-electron chi connectivity index (χ4n) is 3.05. The fourth-order valence-corrected chi connectivity index (χ4v) is 4.80. The summed E-state index contributed by atoms with van der Waals surface area (Å²) in [5, 5.41) is 15.0. The van der Waals surface area contributed by atoms with Crippen molar-refractivity contribution in [3.8, 4) is 0 Å². The van der Waals surface area contributed by atoms with E-state index in [1.807, 2.05) is 0 Å². The second kappa shape index (κ2) is 5.26. The van der Waals surface area contributed by atoms with Gasteiger partial charge in [0, 0.05) is 15.4 Å². The summed E-state index contributed by atoms with van der Waals surface area (Å²) in [6, 6.07) is 0. The van der Waals surface area contributed by atoms with Crippen LogP contribution >= 0.6 is 27.3 Å². The number of thiophene rings is 1. The summed E-state index contributed by atoms with van der Waals surface area (Å²) < 4.78 is 1.07. The summed E-state index contributed by atoms with van der Waals surface area (Å²) in [7, 11) is 0. The molecule has 1 aromatic heterocycles. The molecule has 0 amide bonds. The Labute approximate surface area is 123 Å². The molecule has 1 fully saturated rings. The van der Waals surface area contributed by atoms with E-state index in [1.54, 1.807) is 11.3 Å². The van der Waals surface area contributed by atoms with Gasteiger partial charge in [-0.3, -0.25) is 0 Å². The topological polar surface area (TPSA) is 20.2 Å². The van der Waals surface area contributed by atoms with E-state index in [4.69, 9.17) is 0 Å². The minimum atomic E-state index is -0.598. The summed E-state index contributed by atoms with van der Waals surface area (Å²) in [6.45, 7) is 7.00. The fraction of sp³-hybridized carbons (Fsp3) is 0.733. The molecular weight excluding hydrogens is 308 g/mol. The van der Waals surface area contributed by atoms with Crippen molar-refractivity contribution in [3.05, 3.63) is 20.8 Å². The SMILES string of the molecule is CCC(C)(C)C1CCC(O)(c2cscc2Br)CC1. The van der Waals surface area contributed by atoms with E-state index in [1.165, 1.54) is 6.42 Å². The summed E-state index contributed by atoms with van der Waals surface area (Å²) in [4.78, 5) is 0. The molecule has 0 atom stereocenters. The zero-order valence-corrected chi connectivity index (χ0v) is 13.9. The Morgan fingerprint density at radius 3 is 2.44 bits per heavy atom. The first kappa shape index (κ1) is 14.5. The van der Waals surface area contributed by atoms with Gasteiger partial charge in [0.2, 0.25) is 0 Å². The van der Waals surface area contributed by atoms with Gasteiger partial charge in [0.05, 0.1) is 5.60 Å². The number of rotatable bonds is 3. The first-order valence-electron chi connectivity index (χ1n) is 6.83. The molecule has 0 spiro atoms. The van der Waals surface area contributed by atoms with Gasteiger partial charge in [0.15, 0.2) is 0 Å². The Morgan fingerprint density at radius 1 is 1.39 bits per heavy atom. The number of hydrogen-bond acceptors (Lipinski definition) is 2. The molecule has 3 heteroatoms. The molecule has 1 aliphatic rings. The zero-order valence-electron chi connectivity index (χ0n) is 11.5. The second-order valence-corrected chi connectivity index (χ2v) is 7.88. The quantitative estimate of drug-likeness (QED) is 0.794. The van der Waals surface area contributed by atoms with Crippen LogP contribution in [0.4, 0.5) is 0 Å². The van der Waals surface area contributed by atoms with Crippen LogP contribution in [0.25, 0.3) is 0 Å². The highest BCUT2D eigenvalue weighted by molar-refractivity contribution is 9.10. The number of hydrogen-bond donors (Lipinski definition) is 1. The highest BCUT2D eigenvalue weighted by Crippen LogP contribution is 2.48. The lowest BCUT2D eigenvalue weighted by Crippen LogP contribution is -2.36. The van der Waals surface area contributed by atoms with Crippen LogP contribution in [0.1, 0.15) is 58.4 Å². The maximum absolute atomic E-state index is 10.8. The second-order valence-electron chi connectivity index (χ2n) is 6.28. The molecule has 1 heterocycles.